The zero-order valence-corrected chi connectivity index (χ0v) is 22.2. The van der Waals surface area contributed by atoms with Gasteiger partial charge in [0, 0.05) is 25.0 Å². The molecule has 1 saturated carbocycles. The second-order valence-electron chi connectivity index (χ2n) is 9.54. The molecule has 2 aromatic carbocycles. The lowest BCUT2D eigenvalue weighted by Gasteiger charge is -2.41. The summed E-state index contributed by atoms with van der Waals surface area (Å²) in [5, 5.41) is 59.9. The number of aliphatic hydroxyl groups excluding tert-OH is 1. The Balaban J connectivity index is 1.78. The van der Waals surface area contributed by atoms with Gasteiger partial charge in [-0.15, -0.1) is 0 Å². The van der Waals surface area contributed by atoms with Crippen LogP contribution in [0.15, 0.2) is 48.6 Å². The van der Waals surface area contributed by atoms with Gasteiger partial charge in [-0.25, -0.2) is 14.4 Å². The molecule has 12 nitrogen and oxygen atoms in total. The Morgan fingerprint density at radius 3 is 1.90 bits per heavy atom. The molecule has 0 heterocycles. The van der Waals surface area contributed by atoms with Crippen molar-refractivity contribution in [2.45, 2.75) is 56.5 Å². The fourth-order valence-corrected chi connectivity index (χ4v) is 4.09. The number of aromatic hydroxyl groups is 4. The molecule has 1 aliphatic rings. The average Bonchev–Trinajstić information content (AvgIpc) is 2.92. The molecular weight excluding hydrogens is 540 g/mol. The molecule has 0 radical (unpaired) electrons. The third-order valence-electron chi connectivity index (χ3n) is 6.28. The van der Waals surface area contributed by atoms with Crippen molar-refractivity contribution in [3.8, 4) is 23.0 Å². The number of esters is 3. The molecule has 2 aromatic rings. The minimum absolute atomic E-state index is 0.0381. The largest absolute Gasteiger partial charge is 0.504 e. The number of carbonyl (C=O) groups is 3. The van der Waals surface area contributed by atoms with E-state index in [9.17, 15) is 45.0 Å². The van der Waals surface area contributed by atoms with Crippen LogP contribution in [0.5, 0.6) is 23.0 Å². The van der Waals surface area contributed by atoms with E-state index in [1.54, 1.807) is 0 Å². The van der Waals surface area contributed by atoms with Crippen LogP contribution in [0.1, 0.15) is 43.7 Å². The maximum absolute atomic E-state index is 12.6. The number of phenolic OH excluding ortho intramolecular Hbond substituents is 4. The Morgan fingerprint density at radius 2 is 1.39 bits per heavy atom. The summed E-state index contributed by atoms with van der Waals surface area (Å²) in [4.78, 5) is 37.8. The summed E-state index contributed by atoms with van der Waals surface area (Å²) >= 11 is 0. The first-order chi connectivity index (χ1) is 19.4. The van der Waals surface area contributed by atoms with E-state index in [0.717, 1.165) is 18.6 Å². The fraction of sp³-hybridized carbons (Fsp3) is 0.345. The van der Waals surface area contributed by atoms with Crippen LogP contribution in [0, 0.1) is 0 Å². The Hall–Kier alpha value is -4.55. The number of aliphatic hydroxyl groups is 2. The van der Waals surface area contributed by atoms with Gasteiger partial charge in [-0.1, -0.05) is 25.5 Å². The predicted octanol–water partition coefficient (Wildman–Crippen LogP) is 2.29. The van der Waals surface area contributed by atoms with Crippen LogP contribution in [0.25, 0.3) is 12.2 Å². The zero-order valence-electron chi connectivity index (χ0n) is 22.2. The van der Waals surface area contributed by atoms with Crippen LogP contribution in [-0.4, -0.2) is 79.1 Å². The molecule has 6 N–H and O–H groups in total. The number of phenols is 4. The summed E-state index contributed by atoms with van der Waals surface area (Å²) in [6.07, 6.45) is 0.110. The number of ether oxygens (including phenoxy) is 3. The smallest absolute Gasteiger partial charge is 0.338 e. The second-order valence-corrected chi connectivity index (χ2v) is 9.54. The minimum Gasteiger partial charge on any atom is -0.504 e. The van der Waals surface area contributed by atoms with Crippen LogP contribution in [-0.2, 0) is 28.6 Å². The van der Waals surface area contributed by atoms with E-state index in [0.29, 0.717) is 17.5 Å². The number of benzene rings is 2. The monoisotopic (exact) mass is 572 g/mol. The van der Waals surface area contributed by atoms with Crippen molar-refractivity contribution in [1.82, 2.24) is 0 Å². The Labute approximate surface area is 235 Å². The first-order valence-electron chi connectivity index (χ1n) is 12.8. The van der Waals surface area contributed by atoms with E-state index < -0.39 is 66.2 Å². The van der Waals surface area contributed by atoms with Crippen molar-refractivity contribution in [3.05, 3.63) is 59.7 Å². The minimum atomic E-state index is -2.23. The third kappa shape index (κ3) is 8.47. The molecule has 0 aromatic heterocycles. The maximum atomic E-state index is 12.6. The molecule has 1 aliphatic carbocycles. The quantitative estimate of drug-likeness (QED) is 0.0799. The van der Waals surface area contributed by atoms with Gasteiger partial charge in [-0.2, -0.15) is 0 Å². The van der Waals surface area contributed by atoms with E-state index in [1.807, 2.05) is 6.92 Å². The average molecular weight is 573 g/mol. The summed E-state index contributed by atoms with van der Waals surface area (Å²) in [6.45, 7) is 1.92. The Morgan fingerprint density at radius 1 is 0.854 bits per heavy atom. The molecule has 220 valence electrons. The van der Waals surface area contributed by atoms with Gasteiger partial charge in [-0.3, -0.25) is 0 Å². The number of hydrogen-bond donors (Lipinski definition) is 6. The zero-order chi connectivity index (χ0) is 30.2. The van der Waals surface area contributed by atoms with Crippen LogP contribution in [0.3, 0.4) is 0 Å². The first kappa shape index (κ1) is 31.0. The topological polar surface area (TPSA) is 200 Å². The van der Waals surface area contributed by atoms with E-state index >= 15 is 0 Å². The number of carbonyl (C=O) groups excluding carboxylic acids is 3. The molecule has 12 heteroatoms. The SMILES string of the molecule is CCCCOC(=O)[C@]1(O)C[C@@H](O)[C@@H](OC(=O)/C=C/c2ccc(O)c(O)c2)[C@H](OC(=O)/C=C/c2ccc(O)c(O)c2)C1. The van der Waals surface area contributed by atoms with Gasteiger partial charge in [0.05, 0.1) is 12.7 Å². The van der Waals surface area contributed by atoms with Gasteiger partial charge in [0.15, 0.2) is 34.7 Å². The van der Waals surface area contributed by atoms with E-state index in [4.69, 9.17) is 14.2 Å². The first-order valence-corrected chi connectivity index (χ1v) is 12.8. The number of hydrogen-bond acceptors (Lipinski definition) is 12. The van der Waals surface area contributed by atoms with Crippen LogP contribution >= 0.6 is 0 Å². The molecule has 0 unspecified atom stereocenters. The van der Waals surface area contributed by atoms with Gasteiger partial charge >= 0.3 is 17.9 Å². The molecule has 0 spiro atoms. The predicted molar refractivity (Wildman–Crippen MR) is 143 cm³/mol. The van der Waals surface area contributed by atoms with Gasteiger partial charge in [0.1, 0.15) is 6.10 Å². The van der Waals surface area contributed by atoms with Gasteiger partial charge < -0.3 is 44.8 Å². The van der Waals surface area contributed by atoms with Crippen LogP contribution < -0.4 is 0 Å². The maximum Gasteiger partial charge on any atom is 0.338 e. The molecule has 41 heavy (non-hydrogen) atoms. The highest BCUT2D eigenvalue weighted by Crippen LogP contribution is 2.34. The molecule has 0 aliphatic heterocycles. The summed E-state index contributed by atoms with van der Waals surface area (Å²) in [5.41, 5.74) is -1.54. The van der Waals surface area contributed by atoms with Gasteiger partial charge in [-0.05, 0) is 54.0 Å². The molecule has 3 rings (SSSR count). The van der Waals surface area contributed by atoms with Crippen molar-refractivity contribution in [2.75, 3.05) is 6.61 Å². The van der Waals surface area contributed by atoms with E-state index in [-0.39, 0.29) is 18.1 Å². The highest BCUT2D eigenvalue weighted by atomic mass is 16.6. The molecule has 0 amide bonds. The van der Waals surface area contributed by atoms with Crippen LogP contribution in [0.2, 0.25) is 0 Å². The summed E-state index contributed by atoms with van der Waals surface area (Å²) in [5.74, 6) is -4.48. The molecule has 1 fully saturated rings. The highest BCUT2D eigenvalue weighted by Gasteiger charge is 2.53. The lowest BCUT2D eigenvalue weighted by molar-refractivity contribution is -0.207. The van der Waals surface area contributed by atoms with E-state index in [2.05, 4.69) is 0 Å². The van der Waals surface area contributed by atoms with Gasteiger partial charge in [0.2, 0.25) is 0 Å². The van der Waals surface area contributed by atoms with E-state index in [1.165, 1.54) is 48.6 Å². The third-order valence-corrected chi connectivity index (χ3v) is 6.28. The van der Waals surface area contributed by atoms with Crippen molar-refractivity contribution in [3.63, 3.8) is 0 Å². The normalized spacial score (nSPS) is 22.5. The second kappa shape index (κ2) is 13.7. The number of rotatable bonds is 10. The molecule has 4 atom stereocenters. The fourth-order valence-electron chi connectivity index (χ4n) is 4.09. The van der Waals surface area contributed by atoms with Crippen molar-refractivity contribution in [1.29, 1.82) is 0 Å². The van der Waals surface area contributed by atoms with Crippen LogP contribution in [0.4, 0.5) is 0 Å². The van der Waals surface area contributed by atoms with Crippen molar-refractivity contribution in [2.24, 2.45) is 0 Å². The van der Waals surface area contributed by atoms with Crippen molar-refractivity contribution >= 4 is 30.1 Å². The summed E-state index contributed by atoms with van der Waals surface area (Å²) in [7, 11) is 0. The van der Waals surface area contributed by atoms with Crippen molar-refractivity contribution < 1.29 is 59.2 Å². The lowest BCUT2D eigenvalue weighted by atomic mass is 9.79. The standard InChI is InChI=1S/C29H32O12/c1-2-3-12-39-28(37)29(38)15-23(34)27(41-26(36)11-7-18-5-9-20(31)22(33)14-18)24(16-29)40-25(35)10-6-17-4-8-19(30)21(32)13-17/h4-11,13-14,23-24,27,30-34,38H,2-3,12,15-16H2,1H3/b10-6+,11-7+/t23-,24-,27-,29+/m1/s1. The summed E-state index contributed by atoms with van der Waals surface area (Å²) in [6, 6.07) is 7.66. The molecule has 0 saturated heterocycles. The highest BCUT2D eigenvalue weighted by molar-refractivity contribution is 5.88. The lowest BCUT2D eigenvalue weighted by Crippen LogP contribution is -2.58. The molecular formula is C29H32O12. The Bertz CT molecular complexity index is 1320. The molecule has 0 bridgehead atoms. The summed E-state index contributed by atoms with van der Waals surface area (Å²) < 4.78 is 15.8. The number of unbranched alkanes of at least 4 members (excludes halogenated alkanes) is 1. The van der Waals surface area contributed by atoms with Gasteiger partial charge in [0.25, 0.3) is 0 Å². The Kier molecular flexibility index (Phi) is 10.3.